The third-order valence-electron chi connectivity index (χ3n) is 1.08. The first kappa shape index (κ1) is 7.98. The Labute approximate surface area is 51.5 Å². The summed E-state index contributed by atoms with van der Waals surface area (Å²) in [5, 5.41) is 8.74. The molecule has 2 nitrogen and oxygen atoms in total. The summed E-state index contributed by atoms with van der Waals surface area (Å²) in [5.74, 6) is 0. The molecule has 0 aromatic heterocycles. The van der Waals surface area contributed by atoms with E-state index in [4.69, 9.17) is 10.8 Å². The fourth-order valence-corrected chi connectivity index (χ4v) is 0.584. The molecule has 0 heterocycles. The Morgan fingerprint density at radius 1 is 1.50 bits per heavy atom. The van der Waals surface area contributed by atoms with Crippen molar-refractivity contribution < 1.29 is 5.11 Å². The first-order valence-electron chi connectivity index (χ1n) is 3.15. The maximum Gasteiger partial charge on any atom is 0.138 e. The molecular formula is C5H14BNO. The first-order valence-corrected chi connectivity index (χ1v) is 3.15. The quantitative estimate of drug-likeness (QED) is 0.367. The number of rotatable bonds is 4. The molecule has 0 fully saturated rings. The second kappa shape index (κ2) is 5.13. The van der Waals surface area contributed by atoms with Crippen molar-refractivity contribution >= 4 is 7.85 Å². The van der Waals surface area contributed by atoms with Gasteiger partial charge in [-0.3, -0.25) is 0 Å². The normalized spacial score (nSPS) is 13.8. The Morgan fingerprint density at radius 2 is 2.12 bits per heavy atom. The number of hydrogen-bond donors (Lipinski definition) is 2. The third-order valence-corrected chi connectivity index (χ3v) is 1.08. The van der Waals surface area contributed by atoms with Gasteiger partial charge in [0.05, 0.1) is 0 Å². The van der Waals surface area contributed by atoms with E-state index < -0.39 is 0 Å². The molecule has 0 aromatic carbocycles. The standard InChI is InChI=1S/C5H14BNO/c6-5(8)3-1-2-4-7/h5,8H,1-4,6-7H2/t5-/m0/s1. The predicted molar refractivity (Wildman–Crippen MR) is 37.5 cm³/mol. The lowest BCUT2D eigenvalue weighted by Crippen LogP contribution is -2.06. The average molecular weight is 115 g/mol. The molecule has 0 unspecified atom stereocenters. The van der Waals surface area contributed by atoms with Gasteiger partial charge in [0.1, 0.15) is 7.85 Å². The van der Waals surface area contributed by atoms with Crippen LogP contribution in [0, 0.1) is 0 Å². The molecule has 0 aliphatic carbocycles. The minimum absolute atomic E-state index is 0.151. The summed E-state index contributed by atoms with van der Waals surface area (Å²) in [6.07, 6.45) is 2.97. The summed E-state index contributed by atoms with van der Waals surface area (Å²) in [5.41, 5.74) is 5.23. The van der Waals surface area contributed by atoms with Gasteiger partial charge < -0.3 is 10.8 Å². The van der Waals surface area contributed by atoms with Crippen LogP contribution in [0.15, 0.2) is 0 Å². The summed E-state index contributed by atoms with van der Waals surface area (Å²) in [4.78, 5) is 0. The van der Waals surface area contributed by atoms with Crippen LogP contribution in [0.2, 0.25) is 0 Å². The van der Waals surface area contributed by atoms with E-state index in [0.29, 0.717) is 0 Å². The molecule has 0 amide bonds. The van der Waals surface area contributed by atoms with E-state index >= 15 is 0 Å². The van der Waals surface area contributed by atoms with Crippen LogP contribution in [0.1, 0.15) is 19.3 Å². The molecule has 0 rings (SSSR count). The minimum Gasteiger partial charge on any atom is -0.402 e. The molecule has 48 valence electrons. The van der Waals surface area contributed by atoms with E-state index in [0.717, 1.165) is 25.8 Å². The van der Waals surface area contributed by atoms with Gasteiger partial charge in [-0.2, -0.15) is 0 Å². The molecule has 0 aliphatic heterocycles. The molecule has 0 bridgehead atoms. The Bertz CT molecular complexity index is 49.7. The first-order chi connectivity index (χ1) is 3.77. The Kier molecular flexibility index (Phi) is 5.12. The van der Waals surface area contributed by atoms with Gasteiger partial charge in [-0.1, -0.05) is 6.42 Å². The fraction of sp³-hybridized carbons (Fsp3) is 1.00. The summed E-state index contributed by atoms with van der Waals surface area (Å²) >= 11 is 0. The Hall–Kier alpha value is -0.0151. The number of hydrogen-bond acceptors (Lipinski definition) is 2. The van der Waals surface area contributed by atoms with Crippen molar-refractivity contribution in [3.63, 3.8) is 0 Å². The number of aliphatic hydroxyl groups is 1. The molecule has 0 spiro atoms. The van der Waals surface area contributed by atoms with E-state index in [1.165, 1.54) is 0 Å². The molecule has 0 saturated heterocycles. The van der Waals surface area contributed by atoms with E-state index in [9.17, 15) is 0 Å². The van der Waals surface area contributed by atoms with Crippen molar-refractivity contribution in [2.75, 3.05) is 6.54 Å². The molecule has 1 atom stereocenters. The topological polar surface area (TPSA) is 46.2 Å². The zero-order chi connectivity index (χ0) is 6.41. The molecule has 0 saturated carbocycles. The smallest absolute Gasteiger partial charge is 0.138 e. The lowest BCUT2D eigenvalue weighted by molar-refractivity contribution is 0.240. The van der Waals surface area contributed by atoms with E-state index in [-0.39, 0.29) is 6.00 Å². The van der Waals surface area contributed by atoms with Crippen molar-refractivity contribution in [1.82, 2.24) is 0 Å². The van der Waals surface area contributed by atoms with Crippen LogP contribution in [-0.4, -0.2) is 25.5 Å². The lowest BCUT2D eigenvalue weighted by Gasteiger charge is -2.00. The van der Waals surface area contributed by atoms with Gasteiger partial charge in [0, 0.05) is 6.00 Å². The molecule has 3 N–H and O–H groups in total. The summed E-state index contributed by atoms with van der Waals surface area (Å²) in [6.45, 7) is 0.743. The average Bonchev–Trinajstić information content (AvgIpc) is 1.66. The lowest BCUT2D eigenvalue weighted by atomic mass is 9.95. The van der Waals surface area contributed by atoms with E-state index in [1.54, 1.807) is 7.85 Å². The monoisotopic (exact) mass is 115 g/mol. The second-order valence-electron chi connectivity index (χ2n) is 2.13. The predicted octanol–water partition coefficient (Wildman–Crippen LogP) is -0.933. The second-order valence-corrected chi connectivity index (χ2v) is 2.13. The van der Waals surface area contributed by atoms with Crippen molar-refractivity contribution in [2.45, 2.75) is 25.3 Å². The largest absolute Gasteiger partial charge is 0.402 e. The molecular weight excluding hydrogens is 101 g/mol. The Balaban J connectivity index is 2.72. The van der Waals surface area contributed by atoms with Crippen LogP contribution >= 0.6 is 0 Å². The van der Waals surface area contributed by atoms with E-state index in [1.807, 2.05) is 0 Å². The van der Waals surface area contributed by atoms with Crippen molar-refractivity contribution in [3.8, 4) is 0 Å². The highest BCUT2D eigenvalue weighted by molar-refractivity contribution is 6.10. The van der Waals surface area contributed by atoms with Gasteiger partial charge in [0.25, 0.3) is 0 Å². The zero-order valence-electron chi connectivity index (χ0n) is 5.43. The Morgan fingerprint density at radius 3 is 2.50 bits per heavy atom. The highest BCUT2D eigenvalue weighted by atomic mass is 16.3. The van der Waals surface area contributed by atoms with Crippen LogP contribution < -0.4 is 5.73 Å². The molecule has 0 aliphatic rings. The van der Waals surface area contributed by atoms with E-state index in [2.05, 4.69) is 0 Å². The molecule has 0 radical (unpaired) electrons. The summed E-state index contributed by atoms with van der Waals surface area (Å²) < 4.78 is 0. The number of unbranched alkanes of at least 4 members (excludes halogenated alkanes) is 1. The van der Waals surface area contributed by atoms with Crippen LogP contribution in [0.5, 0.6) is 0 Å². The highest BCUT2D eigenvalue weighted by Crippen LogP contribution is 1.94. The van der Waals surface area contributed by atoms with Gasteiger partial charge in [-0.25, -0.2) is 0 Å². The fourth-order valence-electron chi connectivity index (χ4n) is 0.584. The van der Waals surface area contributed by atoms with Gasteiger partial charge in [-0.15, -0.1) is 0 Å². The van der Waals surface area contributed by atoms with Gasteiger partial charge in [-0.05, 0) is 19.4 Å². The number of aliphatic hydroxyl groups excluding tert-OH is 1. The van der Waals surface area contributed by atoms with Crippen LogP contribution in [0.4, 0.5) is 0 Å². The molecule has 0 aromatic rings. The number of nitrogens with two attached hydrogens (primary N) is 1. The summed E-state index contributed by atoms with van der Waals surface area (Å²) in [6, 6.07) is -0.151. The highest BCUT2D eigenvalue weighted by Gasteiger charge is 1.92. The summed E-state index contributed by atoms with van der Waals surface area (Å²) in [7, 11) is 1.80. The van der Waals surface area contributed by atoms with Crippen LogP contribution in [-0.2, 0) is 0 Å². The van der Waals surface area contributed by atoms with Gasteiger partial charge >= 0.3 is 0 Å². The van der Waals surface area contributed by atoms with Crippen LogP contribution in [0.25, 0.3) is 0 Å². The van der Waals surface area contributed by atoms with Gasteiger partial charge in [0.2, 0.25) is 0 Å². The molecule has 8 heavy (non-hydrogen) atoms. The van der Waals surface area contributed by atoms with Crippen LogP contribution in [0.3, 0.4) is 0 Å². The zero-order valence-corrected chi connectivity index (χ0v) is 5.43. The minimum atomic E-state index is -0.151. The van der Waals surface area contributed by atoms with Gasteiger partial charge in [0.15, 0.2) is 0 Å². The SMILES string of the molecule is B[C@@H](O)CCCCN. The molecule has 3 heteroatoms. The third kappa shape index (κ3) is 5.98. The van der Waals surface area contributed by atoms with Crippen molar-refractivity contribution in [3.05, 3.63) is 0 Å². The van der Waals surface area contributed by atoms with Crippen molar-refractivity contribution in [2.24, 2.45) is 5.73 Å². The van der Waals surface area contributed by atoms with Crippen molar-refractivity contribution in [1.29, 1.82) is 0 Å². The maximum absolute atomic E-state index is 8.74. The maximum atomic E-state index is 8.74.